The number of rotatable bonds is 7. The molecule has 0 atom stereocenters. The molecule has 2 aromatic rings. The van der Waals surface area contributed by atoms with Crippen molar-refractivity contribution in [2.75, 3.05) is 10.6 Å². The number of nitrogens with one attached hydrogen (secondary N) is 3. The van der Waals surface area contributed by atoms with E-state index in [1.807, 2.05) is 5.43 Å². The van der Waals surface area contributed by atoms with Crippen molar-refractivity contribution in [3.63, 3.8) is 0 Å². The summed E-state index contributed by atoms with van der Waals surface area (Å²) in [6.07, 6.45) is -4.74. The molecule has 0 bridgehead atoms. The molecule has 0 aromatic heterocycles. The summed E-state index contributed by atoms with van der Waals surface area (Å²) >= 11 is 0.609. The Hall–Kier alpha value is -3.68. The molecule has 2 rings (SSSR count). The molecule has 0 spiro atoms. The molecule has 0 saturated heterocycles. The summed E-state index contributed by atoms with van der Waals surface area (Å²) in [6.45, 7) is 0.378. The number of hydrogen-bond acceptors (Lipinski definition) is 6. The minimum Gasteiger partial charge on any atom is -0.326 e. The first-order valence-corrected chi connectivity index (χ1v) is 9.46. The average molecular weight is 473 g/mol. The third kappa shape index (κ3) is 6.94. The predicted octanol–water partition coefficient (Wildman–Crippen LogP) is 4.90. The van der Waals surface area contributed by atoms with Crippen LogP contribution in [0.1, 0.15) is 18.1 Å². The number of thioether (sulfide) groups is 1. The Balaban J connectivity index is 2.04. The number of hydrogen-bond donors (Lipinski definition) is 3. The van der Waals surface area contributed by atoms with Gasteiger partial charge in [0.15, 0.2) is 0 Å². The summed E-state index contributed by atoms with van der Waals surface area (Å²) in [5.74, 6) is -0.368. The first-order valence-electron chi connectivity index (χ1n) is 8.58. The van der Waals surface area contributed by atoms with Crippen LogP contribution in [-0.2, 0) is 17.6 Å². The average Bonchev–Trinajstić information content (AvgIpc) is 2.70. The highest BCUT2D eigenvalue weighted by atomic mass is 32.2. The van der Waals surface area contributed by atoms with E-state index in [0.29, 0.717) is 29.6 Å². The number of alkyl halides is 4. The van der Waals surface area contributed by atoms with Crippen LogP contribution in [0.15, 0.2) is 46.4 Å². The number of nitrogens with zero attached hydrogens (tertiary/aromatic N) is 2. The second-order valence-corrected chi connectivity index (χ2v) is 6.93. The van der Waals surface area contributed by atoms with E-state index in [9.17, 15) is 37.3 Å². The summed E-state index contributed by atoms with van der Waals surface area (Å²) in [4.78, 5) is 33.0. The number of nitro benzene ring substituents is 1. The highest BCUT2D eigenvalue weighted by molar-refractivity contribution is 8.12. The van der Waals surface area contributed by atoms with Gasteiger partial charge >= 0.3 is 12.2 Å². The normalized spacial score (nSPS) is 11.3. The predicted molar refractivity (Wildman–Crippen MR) is 110 cm³/mol. The molecule has 0 unspecified atom stereocenters. The van der Waals surface area contributed by atoms with Gasteiger partial charge < -0.3 is 10.6 Å². The van der Waals surface area contributed by atoms with Gasteiger partial charge in [-0.1, -0.05) is 17.8 Å². The van der Waals surface area contributed by atoms with E-state index in [1.54, 1.807) is 0 Å². The molecule has 32 heavy (non-hydrogen) atoms. The van der Waals surface area contributed by atoms with E-state index in [4.69, 9.17) is 0 Å². The number of carbonyl (C=O) groups is 2. The van der Waals surface area contributed by atoms with Crippen molar-refractivity contribution >= 4 is 46.3 Å². The maximum absolute atomic E-state index is 13.1. The maximum atomic E-state index is 13.1. The van der Waals surface area contributed by atoms with E-state index >= 15 is 0 Å². The number of hydrazone groups is 1. The molecule has 170 valence electrons. The summed E-state index contributed by atoms with van der Waals surface area (Å²) in [7, 11) is 0. The topological polar surface area (TPSA) is 126 Å². The van der Waals surface area contributed by atoms with Crippen molar-refractivity contribution in [3.05, 3.63) is 57.6 Å². The fourth-order valence-corrected chi connectivity index (χ4v) is 2.96. The van der Waals surface area contributed by atoms with Crippen LogP contribution in [0.3, 0.4) is 0 Å². The van der Waals surface area contributed by atoms with Gasteiger partial charge in [0.05, 0.1) is 26.6 Å². The number of anilines is 2. The van der Waals surface area contributed by atoms with Crippen molar-refractivity contribution in [3.8, 4) is 0 Å². The maximum Gasteiger partial charge on any atom is 0.416 e. The number of nitro groups is 1. The Kier molecular flexibility index (Phi) is 8.12. The smallest absolute Gasteiger partial charge is 0.326 e. The number of carbonyl (C=O) groups excluding carboxylic acids is 2. The highest BCUT2D eigenvalue weighted by Gasteiger charge is 2.33. The van der Waals surface area contributed by atoms with Gasteiger partial charge in [0.1, 0.15) is 6.67 Å². The zero-order chi connectivity index (χ0) is 23.9. The molecule has 0 fully saturated rings. The van der Waals surface area contributed by atoms with E-state index in [1.165, 1.54) is 25.1 Å². The number of amides is 3. The second-order valence-electron chi connectivity index (χ2n) is 6.04. The lowest BCUT2D eigenvalue weighted by molar-refractivity contribution is -0.388. The van der Waals surface area contributed by atoms with Crippen molar-refractivity contribution < 1.29 is 32.1 Å². The Morgan fingerprint density at radius 2 is 1.91 bits per heavy atom. The monoisotopic (exact) mass is 473 g/mol. The Morgan fingerprint density at radius 1 is 1.19 bits per heavy atom. The third-order valence-corrected chi connectivity index (χ3v) is 4.51. The molecular weight excluding hydrogens is 458 g/mol. The number of urea groups is 1. The molecule has 3 N–H and O–H groups in total. The highest BCUT2D eigenvalue weighted by Crippen LogP contribution is 2.36. The number of benzene rings is 2. The quantitative estimate of drug-likeness (QED) is 0.132. The molecule has 14 heteroatoms. The summed E-state index contributed by atoms with van der Waals surface area (Å²) in [6, 6.07) is 5.26. The van der Waals surface area contributed by atoms with Crippen molar-refractivity contribution in [1.82, 2.24) is 5.43 Å². The van der Waals surface area contributed by atoms with Gasteiger partial charge in [0, 0.05) is 24.2 Å². The van der Waals surface area contributed by atoms with E-state index in [2.05, 4.69) is 15.7 Å². The Morgan fingerprint density at radius 3 is 2.50 bits per heavy atom. The Bertz CT molecular complexity index is 1060. The minimum atomic E-state index is -4.74. The molecule has 0 aliphatic rings. The lowest BCUT2D eigenvalue weighted by Gasteiger charge is -2.11. The van der Waals surface area contributed by atoms with Crippen LogP contribution in [0.25, 0.3) is 0 Å². The SMILES string of the molecule is CC(=O)Nc1ccc(CF)c(NC(=O)N/N=C/Sc2ccc(C(F)(F)F)cc2[N+](=O)[O-])c1. The Labute approximate surface area is 182 Å². The summed E-state index contributed by atoms with van der Waals surface area (Å²) in [5, 5.41) is 19.4. The van der Waals surface area contributed by atoms with Gasteiger partial charge in [-0.3, -0.25) is 14.9 Å². The van der Waals surface area contributed by atoms with Crippen LogP contribution in [-0.4, -0.2) is 22.4 Å². The largest absolute Gasteiger partial charge is 0.416 e. The van der Waals surface area contributed by atoms with E-state index in [0.717, 1.165) is 11.6 Å². The van der Waals surface area contributed by atoms with Crippen molar-refractivity contribution in [1.29, 1.82) is 0 Å². The lowest BCUT2D eigenvalue weighted by Crippen LogP contribution is -2.24. The molecule has 0 aliphatic heterocycles. The molecule has 3 amide bonds. The number of halogens is 4. The fraction of sp³-hybridized carbons (Fsp3) is 0.167. The van der Waals surface area contributed by atoms with Crippen LogP contribution in [0.5, 0.6) is 0 Å². The fourth-order valence-electron chi connectivity index (χ4n) is 2.34. The van der Waals surface area contributed by atoms with Gasteiger partial charge in [-0.2, -0.15) is 18.3 Å². The second kappa shape index (κ2) is 10.6. The molecular formula is C18H15F4N5O4S. The van der Waals surface area contributed by atoms with E-state index in [-0.39, 0.29) is 22.1 Å². The molecule has 0 aliphatic carbocycles. The summed E-state index contributed by atoms with van der Waals surface area (Å²) < 4.78 is 51.3. The van der Waals surface area contributed by atoms with Gasteiger partial charge in [-0.25, -0.2) is 14.6 Å². The first-order chi connectivity index (χ1) is 15.0. The van der Waals surface area contributed by atoms with Crippen LogP contribution in [0.2, 0.25) is 0 Å². The molecule has 9 nitrogen and oxygen atoms in total. The molecule has 0 saturated carbocycles. The lowest BCUT2D eigenvalue weighted by atomic mass is 10.1. The van der Waals surface area contributed by atoms with Crippen molar-refractivity contribution in [2.45, 2.75) is 24.7 Å². The van der Waals surface area contributed by atoms with E-state index < -0.39 is 35.1 Å². The van der Waals surface area contributed by atoms with Gasteiger partial charge in [0.25, 0.3) is 5.69 Å². The zero-order valence-corrected chi connectivity index (χ0v) is 17.0. The van der Waals surface area contributed by atoms with Crippen LogP contribution >= 0.6 is 11.8 Å². The van der Waals surface area contributed by atoms with Gasteiger partial charge in [-0.05, 0) is 24.3 Å². The zero-order valence-electron chi connectivity index (χ0n) is 16.2. The van der Waals surface area contributed by atoms with Crippen LogP contribution < -0.4 is 16.1 Å². The third-order valence-electron chi connectivity index (χ3n) is 3.70. The minimum absolute atomic E-state index is 0.0671. The molecule has 0 radical (unpaired) electrons. The standard InChI is InChI=1S/C18H15F4N5O4S/c1-10(28)24-13-4-2-11(8-19)14(7-13)25-17(29)26-23-9-32-16-5-3-12(18(20,21)22)6-15(16)27(30)31/h2-7,9H,8H2,1H3,(H,24,28)(H2,25,26,29)/b23-9+. The van der Waals surface area contributed by atoms with Crippen molar-refractivity contribution in [2.24, 2.45) is 5.10 Å². The van der Waals surface area contributed by atoms with Crippen LogP contribution in [0.4, 0.5) is 39.4 Å². The first kappa shape index (κ1) is 24.6. The van der Waals surface area contributed by atoms with Gasteiger partial charge in [-0.15, -0.1) is 0 Å². The van der Waals surface area contributed by atoms with Gasteiger partial charge in [0.2, 0.25) is 5.91 Å². The molecule has 2 aromatic carbocycles. The molecule has 0 heterocycles. The van der Waals surface area contributed by atoms with Crippen LogP contribution in [0, 0.1) is 10.1 Å². The summed E-state index contributed by atoms with van der Waals surface area (Å²) in [5.41, 5.74) is 1.58.